The molecule has 188 valence electrons. The molecule has 0 saturated heterocycles. The molecule has 0 fully saturated rings. The Bertz CT molecular complexity index is 1390. The summed E-state index contributed by atoms with van der Waals surface area (Å²) < 4.78 is 6.03. The highest BCUT2D eigenvalue weighted by molar-refractivity contribution is 6.30. The molecule has 2 atom stereocenters. The minimum atomic E-state index is -0.948. The number of aryl methyl sites for hydroxylation is 1. The zero-order valence-corrected chi connectivity index (χ0v) is 20.9. The van der Waals surface area contributed by atoms with Gasteiger partial charge in [-0.1, -0.05) is 41.9 Å². The molecule has 1 aliphatic rings. The topological polar surface area (TPSA) is 91.7 Å². The van der Waals surface area contributed by atoms with E-state index in [0.717, 1.165) is 41.7 Å². The molecule has 6 nitrogen and oxygen atoms in total. The van der Waals surface area contributed by atoms with Crippen LogP contribution in [0.3, 0.4) is 0 Å². The maximum atomic E-state index is 11.1. The quantitative estimate of drug-likeness (QED) is 0.264. The second kappa shape index (κ2) is 11.1. The van der Waals surface area contributed by atoms with Crippen molar-refractivity contribution >= 4 is 17.6 Å². The summed E-state index contributed by atoms with van der Waals surface area (Å²) in [5, 5.41) is 23.7. The van der Waals surface area contributed by atoms with Gasteiger partial charge in [0.2, 0.25) is 5.88 Å². The molecule has 0 aliphatic heterocycles. The first-order valence-electron chi connectivity index (χ1n) is 12.2. The first-order chi connectivity index (χ1) is 17.9. The standard InChI is InChI=1S/C30H27ClN2O4/c31-25-3-1-2-22(14-25)28(34)18-32-26-11-8-20-9-12-27(16-24(20)15-26)37-29-13-10-23(17-33-29)19-4-6-21(7-5-19)30(35)36/h1-7,9-10,12-14,16-17,26,28,32,34H,8,11,15,18H2,(H,35,36)/t26-,28-/m0/s1. The largest absolute Gasteiger partial charge is 0.478 e. The van der Waals surface area contributed by atoms with Crippen LogP contribution in [0.1, 0.15) is 39.6 Å². The van der Waals surface area contributed by atoms with Crippen LogP contribution < -0.4 is 10.1 Å². The third-order valence-corrected chi connectivity index (χ3v) is 6.90. The van der Waals surface area contributed by atoms with E-state index >= 15 is 0 Å². The Balaban J connectivity index is 1.20. The number of nitrogens with zero attached hydrogens (tertiary/aromatic N) is 1. The third kappa shape index (κ3) is 6.17. The number of hydrogen-bond donors (Lipinski definition) is 3. The summed E-state index contributed by atoms with van der Waals surface area (Å²) in [5.41, 5.74) is 5.37. The Labute approximate surface area is 220 Å². The van der Waals surface area contributed by atoms with E-state index in [1.807, 2.05) is 30.3 Å². The molecule has 37 heavy (non-hydrogen) atoms. The molecule has 5 rings (SSSR count). The van der Waals surface area contributed by atoms with Crippen molar-refractivity contribution in [3.63, 3.8) is 0 Å². The second-order valence-corrected chi connectivity index (χ2v) is 9.66. The summed E-state index contributed by atoms with van der Waals surface area (Å²) in [7, 11) is 0. The van der Waals surface area contributed by atoms with Gasteiger partial charge in [-0.05, 0) is 84.0 Å². The first-order valence-corrected chi connectivity index (χ1v) is 12.6. The van der Waals surface area contributed by atoms with E-state index in [-0.39, 0.29) is 11.6 Å². The molecule has 0 bridgehead atoms. The van der Waals surface area contributed by atoms with Crippen LogP contribution in [0.5, 0.6) is 11.6 Å². The van der Waals surface area contributed by atoms with Crippen LogP contribution in [-0.2, 0) is 12.8 Å². The highest BCUT2D eigenvalue weighted by atomic mass is 35.5. The average Bonchev–Trinajstić information content (AvgIpc) is 2.92. The maximum absolute atomic E-state index is 11.1. The molecule has 1 aliphatic carbocycles. The molecule has 3 aromatic carbocycles. The predicted molar refractivity (Wildman–Crippen MR) is 143 cm³/mol. The number of aliphatic hydroxyl groups excluding tert-OH is 1. The summed E-state index contributed by atoms with van der Waals surface area (Å²) in [5.74, 6) is 0.265. The van der Waals surface area contributed by atoms with Crippen molar-refractivity contribution in [3.05, 3.63) is 112 Å². The minimum absolute atomic E-state index is 0.249. The number of carboxylic acid groups (broad SMARTS) is 1. The number of ether oxygens (including phenoxy) is 1. The molecule has 0 unspecified atom stereocenters. The van der Waals surface area contributed by atoms with E-state index in [9.17, 15) is 9.90 Å². The predicted octanol–water partition coefficient (Wildman–Crippen LogP) is 6.07. The normalized spacial score (nSPS) is 15.6. The van der Waals surface area contributed by atoms with E-state index in [1.165, 1.54) is 11.1 Å². The lowest BCUT2D eigenvalue weighted by molar-refractivity contribution is 0.0697. The Morgan fingerprint density at radius 2 is 1.84 bits per heavy atom. The van der Waals surface area contributed by atoms with Gasteiger partial charge < -0.3 is 20.3 Å². The van der Waals surface area contributed by atoms with Crippen molar-refractivity contribution in [1.29, 1.82) is 0 Å². The number of benzene rings is 3. The Morgan fingerprint density at radius 1 is 1.03 bits per heavy atom. The van der Waals surface area contributed by atoms with Crippen molar-refractivity contribution in [1.82, 2.24) is 10.3 Å². The molecule has 0 saturated carbocycles. The molecule has 0 amide bonds. The maximum Gasteiger partial charge on any atom is 0.335 e. The lowest BCUT2D eigenvalue weighted by Gasteiger charge is -2.27. The Kier molecular flexibility index (Phi) is 7.51. The molecule has 3 N–H and O–H groups in total. The van der Waals surface area contributed by atoms with Gasteiger partial charge in [0.1, 0.15) is 5.75 Å². The van der Waals surface area contributed by atoms with E-state index in [4.69, 9.17) is 21.4 Å². The number of fused-ring (bicyclic) bond motifs is 1. The van der Waals surface area contributed by atoms with Crippen LogP contribution in [0.25, 0.3) is 11.1 Å². The number of halogens is 1. The Morgan fingerprint density at radius 3 is 2.57 bits per heavy atom. The number of aromatic carboxylic acids is 1. The molecule has 7 heteroatoms. The number of hydrogen-bond acceptors (Lipinski definition) is 5. The van der Waals surface area contributed by atoms with Crippen molar-refractivity contribution < 1.29 is 19.7 Å². The van der Waals surface area contributed by atoms with E-state index in [0.29, 0.717) is 17.4 Å². The number of nitrogens with one attached hydrogen (secondary N) is 1. The number of aliphatic hydroxyl groups is 1. The lowest BCUT2D eigenvalue weighted by atomic mass is 9.88. The van der Waals surface area contributed by atoms with Crippen LogP contribution in [0.15, 0.2) is 85.1 Å². The van der Waals surface area contributed by atoms with Gasteiger partial charge in [-0.3, -0.25) is 0 Å². The molecule has 0 spiro atoms. The number of aromatic nitrogens is 1. The number of carbonyl (C=O) groups is 1. The van der Waals surface area contributed by atoms with Crippen molar-refractivity contribution in [2.75, 3.05) is 6.54 Å². The SMILES string of the molecule is O=C(O)c1ccc(-c2ccc(Oc3ccc4c(c3)C[C@@H](NC[C@H](O)c3cccc(Cl)c3)CC4)nc2)cc1. The van der Waals surface area contributed by atoms with E-state index in [1.54, 1.807) is 42.6 Å². The van der Waals surface area contributed by atoms with Crippen molar-refractivity contribution in [2.24, 2.45) is 0 Å². The summed E-state index contributed by atoms with van der Waals surface area (Å²) >= 11 is 6.05. The average molecular weight is 515 g/mol. The number of rotatable bonds is 8. The van der Waals surface area contributed by atoms with Gasteiger partial charge in [0.25, 0.3) is 0 Å². The monoisotopic (exact) mass is 514 g/mol. The lowest BCUT2D eigenvalue weighted by Crippen LogP contribution is -2.37. The highest BCUT2D eigenvalue weighted by Gasteiger charge is 2.20. The van der Waals surface area contributed by atoms with Crippen LogP contribution >= 0.6 is 11.6 Å². The van der Waals surface area contributed by atoms with Gasteiger partial charge in [-0.2, -0.15) is 0 Å². The molecule has 1 aromatic heterocycles. The summed E-state index contributed by atoms with van der Waals surface area (Å²) in [4.78, 5) is 15.5. The summed E-state index contributed by atoms with van der Waals surface area (Å²) in [6.07, 6.45) is 3.93. The van der Waals surface area contributed by atoms with Gasteiger partial charge in [0.05, 0.1) is 11.7 Å². The molecule has 4 aromatic rings. The van der Waals surface area contributed by atoms with Gasteiger partial charge in [-0.15, -0.1) is 0 Å². The third-order valence-electron chi connectivity index (χ3n) is 6.66. The van der Waals surface area contributed by atoms with Crippen LogP contribution in [-0.4, -0.2) is 33.8 Å². The van der Waals surface area contributed by atoms with E-state index in [2.05, 4.69) is 22.4 Å². The zero-order valence-electron chi connectivity index (χ0n) is 20.1. The Hall–Kier alpha value is -3.71. The molecular formula is C30H27ClN2O4. The fourth-order valence-corrected chi connectivity index (χ4v) is 4.82. The molecular weight excluding hydrogens is 488 g/mol. The highest BCUT2D eigenvalue weighted by Crippen LogP contribution is 2.29. The summed E-state index contributed by atoms with van der Waals surface area (Å²) in [6, 6.07) is 24.1. The van der Waals surface area contributed by atoms with Crippen molar-refractivity contribution in [3.8, 4) is 22.8 Å². The molecule has 0 radical (unpaired) electrons. The number of carboxylic acids is 1. The number of pyridine rings is 1. The second-order valence-electron chi connectivity index (χ2n) is 9.22. The fourth-order valence-electron chi connectivity index (χ4n) is 4.62. The van der Waals surface area contributed by atoms with E-state index < -0.39 is 12.1 Å². The van der Waals surface area contributed by atoms with Gasteiger partial charge >= 0.3 is 5.97 Å². The summed E-state index contributed by atoms with van der Waals surface area (Å²) in [6.45, 7) is 0.464. The van der Waals surface area contributed by atoms with Crippen molar-refractivity contribution in [2.45, 2.75) is 31.4 Å². The van der Waals surface area contributed by atoms with Crippen LogP contribution in [0.4, 0.5) is 0 Å². The fraction of sp³-hybridized carbons (Fsp3) is 0.200. The van der Waals surface area contributed by atoms with Crippen LogP contribution in [0.2, 0.25) is 5.02 Å². The zero-order chi connectivity index (χ0) is 25.8. The smallest absolute Gasteiger partial charge is 0.335 e. The minimum Gasteiger partial charge on any atom is -0.478 e. The molecule has 1 heterocycles. The van der Waals surface area contributed by atoms with Gasteiger partial charge in [0, 0.05) is 35.4 Å². The van der Waals surface area contributed by atoms with Gasteiger partial charge in [0.15, 0.2) is 0 Å². The van der Waals surface area contributed by atoms with Crippen LogP contribution in [0, 0.1) is 0 Å². The first kappa shape index (κ1) is 25.0. The van der Waals surface area contributed by atoms with Gasteiger partial charge in [-0.25, -0.2) is 9.78 Å².